The number of nitriles is 1. The fourth-order valence-corrected chi connectivity index (χ4v) is 4.09. The van der Waals surface area contributed by atoms with Crippen molar-refractivity contribution in [2.45, 2.75) is 78.4 Å². The molecular weight excluding hydrogens is 414 g/mol. The minimum absolute atomic E-state index is 0.106. The monoisotopic (exact) mass is 449 g/mol. The van der Waals surface area contributed by atoms with Crippen molar-refractivity contribution >= 4 is 5.91 Å². The second kappa shape index (κ2) is 11.2. The molecule has 0 bridgehead atoms. The van der Waals surface area contributed by atoms with Gasteiger partial charge in [0.05, 0.1) is 18.9 Å². The van der Waals surface area contributed by atoms with Gasteiger partial charge in [0.2, 0.25) is 5.91 Å². The first-order chi connectivity index (χ1) is 15.8. The molecule has 2 aromatic rings. The number of carbonyl (C=O) groups excluding carboxylic acids is 1. The van der Waals surface area contributed by atoms with Gasteiger partial charge in [-0.1, -0.05) is 26.0 Å². The third-order valence-corrected chi connectivity index (χ3v) is 6.33. The second-order valence-electron chi connectivity index (χ2n) is 9.66. The van der Waals surface area contributed by atoms with Crippen LogP contribution in [0.15, 0.2) is 36.5 Å². The van der Waals surface area contributed by atoms with Crippen LogP contribution in [0.1, 0.15) is 69.2 Å². The molecule has 176 valence electrons. The first-order valence-electron chi connectivity index (χ1n) is 11.8. The molecule has 0 radical (unpaired) electrons. The molecule has 1 fully saturated rings. The highest BCUT2D eigenvalue weighted by atomic mass is 16.5. The molecule has 6 heteroatoms. The zero-order valence-corrected chi connectivity index (χ0v) is 20.2. The number of hydrogen-bond donors (Lipinski definition) is 1. The van der Waals surface area contributed by atoms with E-state index in [2.05, 4.69) is 35.4 Å². The Morgan fingerprint density at radius 1 is 1.18 bits per heavy atom. The van der Waals surface area contributed by atoms with Gasteiger partial charge in [-0.25, -0.2) is 4.98 Å². The van der Waals surface area contributed by atoms with E-state index in [1.165, 1.54) is 5.56 Å². The SMILES string of the molecule is Cc1ccc(C)c(OCCCC(C)(C)C(=O)N[C@H]2CC[C@H](Oc3ccc(C#N)nc3)CC2)c1. The Morgan fingerprint density at radius 3 is 2.61 bits per heavy atom. The van der Waals surface area contributed by atoms with E-state index < -0.39 is 5.41 Å². The lowest BCUT2D eigenvalue weighted by Crippen LogP contribution is -2.45. The van der Waals surface area contributed by atoms with Crippen LogP contribution in [0.2, 0.25) is 0 Å². The first-order valence-corrected chi connectivity index (χ1v) is 11.8. The van der Waals surface area contributed by atoms with Crippen molar-refractivity contribution in [3.05, 3.63) is 53.3 Å². The maximum absolute atomic E-state index is 12.9. The molecule has 1 N–H and O–H groups in total. The Labute approximate surface area is 197 Å². The quantitative estimate of drug-likeness (QED) is 0.528. The van der Waals surface area contributed by atoms with E-state index in [-0.39, 0.29) is 18.1 Å². The number of rotatable bonds is 9. The molecule has 1 aliphatic rings. The number of pyridine rings is 1. The maximum atomic E-state index is 12.9. The molecule has 0 unspecified atom stereocenters. The number of amides is 1. The van der Waals surface area contributed by atoms with Gasteiger partial charge in [-0.05, 0) is 81.7 Å². The summed E-state index contributed by atoms with van der Waals surface area (Å²) in [7, 11) is 0. The molecule has 0 spiro atoms. The lowest BCUT2D eigenvalue weighted by molar-refractivity contribution is -0.130. The lowest BCUT2D eigenvalue weighted by Gasteiger charge is -2.32. The van der Waals surface area contributed by atoms with Gasteiger partial charge < -0.3 is 14.8 Å². The molecule has 1 amide bonds. The number of carbonyl (C=O) groups is 1. The Hall–Kier alpha value is -3.07. The van der Waals surface area contributed by atoms with Crippen LogP contribution < -0.4 is 14.8 Å². The van der Waals surface area contributed by atoms with Gasteiger partial charge in [0.1, 0.15) is 23.3 Å². The molecule has 0 aliphatic heterocycles. The average Bonchev–Trinajstić information content (AvgIpc) is 2.80. The van der Waals surface area contributed by atoms with Gasteiger partial charge in [-0.15, -0.1) is 0 Å². The normalized spacial score (nSPS) is 18.3. The van der Waals surface area contributed by atoms with E-state index in [9.17, 15) is 4.79 Å². The zero-order valence-electron chi connectivity index (χ0n) is 20.2. The van der Waals surface area contributed by atoms with Crippen molar-refractivity contribution in [3.63, 3.8) is 0 Å². The van der Waals surface area contributed by atoms with Gasteiger partial charge in [0, 0.05) is 11.5 Å². The van der Waals surface area contributed by atoms with Crippen molar-refractivity contribution in [3.8, 4) is 17.6 Å². The predicted molar refractivity (Wildman–Crippen MR) is 128 cm³/mol. The largest absolute Gasteiger partial charge is 0.493 e. The molecule has 0 atom stereocenters. The Bertz CT molecular complexity index is 971. The fraction of sp³-hybridized carbons (Fsp3) is 0.519. The molecule has 1 heterocycles. The second-order valence-corrected chi connectivity index (χ2v) is 9.66. The summed E-state index contributed by atoms with van der Waals surface area (Å²) < 4.78 is 11.9. The van der Waals surface area contributed by atoms with Crippen molar-refractivity contribution in [1.82, 2.24) is 10.3 Å². The Balaban J connectivity index is 1.38. The zero-order chi connectivity index (χ0) is 23.8. The maximum Gasteiger partial charge on any atom is 0.225 e. The summed E-state index contributed by atoms with van der Waals surface area (Å²) in [5.74, 6) is 1.72. The number of nitrogens with zero attached hydrogens (tertiary/aromatic N) is 2. The third kappa shape index (κ3) is 7.21. The van der Waals surface area contributed by atoms with E-state index in [4.69, 9.17) is 14.7 Å². The van der Waals surface area contributed by atoms with Crippen LogP contribution >= 0.6 is 0 Å². The third-order valence-electron chi connectivity index (χ3n) is 6.33. The van der Waals surface area contributed by atoms with E-state index in [1.807, 2.05) is 26.8 Å². The van der Waals surface area contributed by atoms with Crippen LogP contribution in [0.5, 0.6) is 11.5 Å². The summed E-state index contributed by atoms with van der Waals surface area (Å²) >= 11 is 0. The molecule has 1 saturated carbocycles. The predicted octanol–water partition coefficient (Wildman–Crippen LogP) is 5.26. The fourth-order valence-electron chi connectivity index (χ4n) is 4.09. The number of benzene rings is 1. The van der Waals surface area contributed by atoms with Crippen molar-refractivity contribution in [1.29, 1.82) is 5.26 Å². The summed E-state index contributed by atoms with van der Waals surface area (Å²) in [6.07, 6.45) is 6.87. The summed E-state index contributed by atoms with van der Waals surface area (Å²) in [6.45, 7) is 8.73. The topological polar surface area (TPSA) is 84.2 Å². The van der Waals surface area contributed by atoms with Crippen LogP contribution in [0.4, 0.5) is 0 Å². The minimum atomic E-state index is -0.438. The van der Waals surface area contributed by atoms with Crippen LogP contribution in [0, 0.1) is 30.6 Å². The summed E-state index contributed by atoms with van der Waals surface area (Å²) in [5, 5.41) is 12.1. The highest BCUT2D eigenvalue weighted by molar-refractivity contribution is 5.82. The molecule has 6 nitrogen and oxygen atoms in total. The number of ether oxygens (including phenoxy) is 2. The van der Waals surface area contributed by atoms with Gasteiger partial charge in [-0.2, -0.15) is 5.26 Å². The number of aryl methyl sites for hydroxylation is 2. The van der Waals surface area contributed by atoms with Gasteiger partial charge >= 0.3 is 0 Å². The molecular formula is C27H35N3O3. The van der Waals surface area contributed by atoms with E-state index in [0.29, 0.717) is 18.1 Å². The first kappa shape index (κ1) is 24.6. The Morgan fingerprint density at radius 2 is 1.94 bits per heavy atom. The van der Waals surface area contributed by atoms with E-state index in [1.54, 1.807) is 18.3 Å². The summed E-state index contributed by atoms with van der Waals surface area (Å²) in [5.41, 5.74) is 2.26. The van der Waals surface area contributed by atoms with Crippen molar-refractivity contribution in [2.24, 2.45) is 5.41 Å². The average molecular weight is 450 g/mol. The number of nitrogens with one attached hydrogen (secondary N) is 1. The van der Waals surface area contributed by atoms with Gasteiger partial charge in [0.15, 0.2) is 0 Å². The molecule has 1 aliphatic carbocycles. The highest BCUT2D eigenvalue weighted by Gasteiger charge is 2.31. The van der Waals surface area contributed by atoms with Crippen molar-refractivity contribution in [2.75, 3.05) is 6.61 Å². The molecule has 33 heavy (non-hydrogen) atoms. The van der Waals surface area contributed by atoms with E-state index in [0.717, 1.165) is 49.8 Å². The molecule has 0 saturated heterocycles. The van der Waals surface area contributed by atoms with Crippen molar-refractivity contribution < 1.29 is 14.3 Å². The minimum Gasteiger partial charge on any atom is -0.493 e. The molecule has 1 aromatic carbocycles. The smallest absolute Gasteiger partial charge is 0.225 e. The summed E-state index contributed by atoms with van der Waals surface area (Å²) in [6, 6.07) is 11.9. The summed E-state index contributed by atoms with van der Waals surface area (Å²) in [4.78, 5) is 17.0. The van der Waals surface area contributed by atoms with Crippen LogP contribution in [-0.2, 0) is 4.79 Å². The number of hydrogen-bond acceptors (Lipinski definition) is 5. The Kier molecular flexibility index (Phi) is 8.32. The van der Waals surface area contributed by atoms with Crippen LogP contribution in [0.3, 0.4) is 0 Å². The van der Waals surface area contributed by atoms with E-state index >= 15 is 0 Å². The van der Waals surface area contributed by atoms with Gasteiger partial charge in [-0.3, -0.25) is 4.79 Å². The highest BCUT2D eigenvalue weighted by Crippen LogP contribution is 2.27. The van der Waals surface area contributed by atoms with Crippen LogP contribution in [0.25, 0.3) is 0 Å². The van der Waals surface area contributed by atoms with Gasteiger partial charge in [0.25, 0.3) is 0 Å². The standard InChI is InChI=1S/C27H35N3O3/c1-19-6-7-20(2)25(16-19)32-15-5-14-27(3,4)26(31)30-21-8-11-23(12-9-21)33-24-13-10-22(17-28)29-18-24/h6-7,10,13,16,18,21,23H,5,8-9,11-12,14-15H2,1-4H3,(H,30,31)/t21-,23-. The lowest BCUT2D eigenvalue weighted by atomic mass is 9.85. The number of aromatic nitrogens is 1. The molecule has 3 rings (SSSR count). The van der Waals surface area contributed by atoms with Crippen LogP contribution in [-0.4, -0.2) is 29.6 Å². The molecule has 1 aromatic heterocycles.